The molecule has 0 saturated heterocycles. The highest BCUT2D eigenvalue weighted by molar-refractivity contribution is 7.16. The molecule has 0 spiro atoms. The van der Waals surface area contributed by atoms with Crippen LogP contribution in [0, 0.1) is 13.8 Å². The highest BCUT2D eigenvalue weighted by atomic mass is 32.1. The van der Waals surface area contributed by atoms with E-state index in [0.29, 0.717) is 11.8 Å². The van der Waals surface area contributed by atoms with Crippen molar-refractivity contribution in [3.63, 3.8) is 0 Å². The Kier molecular flexibility index (Phi) is 3.06. The largest absolute Gasteiger partial charge is 0.390 e. The summed E-state index contributed by atoms with van der Waals surface area (Å²) < 4.78 is 5.27. The van der Waals surface area contributed by atoms with Gasteiger partial charge >= 0.3 is 0 Å². The number of nitrogen functional groups attached to an aromatic ring is 1. The van der Waals surface area contributed by atoms with Crippen molar-refractivity contribution in [3.05, 3.63) is 10.4 Å². The third-order valence-corrected chi connectivity index (χ3v) is 3.89. The van der Waals surface area contributed by atoms with E-state index < -0.39 is 0 Å². The van der Waals surface area contributed by atoms with Gasteiger partial charge in [-0.2, -0.15) is 4.98 Å². The molecule has 0 saturated carbocycles. The molecule has 0 atom stereocenters. The smallest absolute Gasteiger partial charge is 0.266 e. The summed E-state index contributed by atoms with van der Waals surface area (Å²) in [5.74, 6) is 1.09. The first kappa shape index (κ1) is 11.9. The van der Waals surface area contributed by atoms with Crippen molar-refractivity contribution in [1.82, 2.24) is 10.1 Å². The van der Waals surface area contributed by atoms with Gasteiger partial charge in [0.05, 0.1) is 10.6 Å². The molecule has 2 aromatic rings. The van der Waals surface area contributed by atoms with Crippen LogP contribution in [0.5, 0.6) is 0 Å². The van der Waals surface area contributed by atoms with Crippen molar-refractivity contribution >= 4 is 22.3 Å². The highest BCUT2D eigenvalue weighted by Crippen LogP contribution is 2.37. The fraction of sp³-hybridized carbons (Fsp3) is 0.455. The van der Waals surface area contributed by atoms with Crippen LogP contribution in [0.2, 0.25) is 0 Å². The first-order valence-electron chi connectivity index (χ1n) is 5.45. The molecule has 2 rings (SSSR count). The average molecular weight is 252 g/mol. The Balaban J connectivity index is 2.43. The standard InChI is InChI=1S/C11H16N4OS/c1-5-15(4)11-13-10(16-14-11)8-6(2)7(3)17-9(8)12/h5,12H2,1-4H3. The minimum absolute atomic E-state index is 0.500. The van der Waals surface area contributed by atoms with Crippen LogP contribution < -0.4 is 10.6 Å². The molecule has 0 aliphatic heterocycles. The first-order valence-corrected chi connectivity index (χ1v) is 6.27. The summed E-state index contributed by atoms with van der Waals surface area (Å²) in [6, 6.07) is 0. The molecule has 0 fully saturated rings. The summed E-state index contributed by atoms with van der Waals surface area (Å²) in [4.78, 5) is 7.46. The van der Waals surface area contributed by atoms with Gasteiger partial charge in [-0.25, -0.2) is 0 Å². The lowest BCUT2D eigenvalue weighted by molar-refractivity contribution is 0.430. The molecular weight excluding hydrogens is 236 g/mol. The van der Waals surface area contributed by atoms with Crippen molar-refractivity contribution in [1.29, 1.82) is 0 Å². The normalized spacial score (nSPS) is 10.8. The predicted molar refractivity (Wildman–Crippen MR) is 70.4 cm³/mol. The molecule has 0 aliphatic carbocycles. The molecule has 2 N–H and O–H groups in total. The number of anilines is 2. The molecule has 92 valence electrons. The van der Waals surface area contributed by atoms with Crippen molar-refractivity contribution in [3.8, 4) is 11.5 Å². The van der Waals surface area contributed by atoms with Gasteiger partial charge in [0.2, 0.25) is 0 Å². The van der Waals surface area contributed by atoms with E-state index in [0.717, 1.165) is 22.7 Å². The molecule has 0 aromatic carbocycles. The van der Waals surface area contributed by atoms with E-state index in [1.807, 2.05) is 32.7 Å². The van der Waals surface area contributed by atoms with Gasteiger partial charge in [-0.15, -0.1) is 11.3 Å². The zero-order chi connectivity index (χ0) is 12.6. The van der Waals surface area contributed by atoms with Crippen LogP contribution in [0.3, 0.4) is 0 Å². The zero-order valence-electron chi connectivity index (χ0n) is 10.4. The molecule has 6 heteroatoms. The number of nitrogens with zero attached hydrogens (tertiary/aromatic N) is 3. The molecule has 0 amide bonds. The quantitative estimate of drug-likeness (QED) is 0.908. The van der Waals surface area contributed by atoms with E-state index in [1.165, 1.54) is 4.88 Å². The molecule has 0 unspecified atom stereocenters. The second kappa shape index (κ2) is 4.37. The van der Waals surface area contributed by atoms with Crippen LogP contribution in [0.25, 0.3) is 11.5 Å². The van der Waals surface area contributed by atoms with Gasteiger partial charge < -0.3 is 15.2 Å². The van der Waals surface area contributed by atoms with Gasteiger partial charge in [-0.1, -0.05) is 0 Å². The van der Waals surface area contributed by atoms with Crippen LogP contribution in [-0.2, 0) is 0 Å². The summed E-state index contributed by atoms with van der Waals surface area (Å²) in [7, 11) is 1.92. The van der Waals surface area contributed by atoms with E-state index in [-0.39, 0.29) is 0 Å². The summed E-state index contributed by atoms with van der Waals surface area (Å²) in [6.45, 7) is 6.92. The Hall–Kier alpha value is -1.56. The molecule has 5 nitrogen and oxygen atoms in total. The van der Waals surface area contributed by atoms with E-state index in [4.69, 9.17) is 10.3 Å². The highest BCUT2D eigenvalue weighted by Gasteiger charge is 2.19. The van der Waals surface area contributed by atoms with Gasteiger partial charge in [-0.3, -0.25) is 0 Å². The Labute approximate surface area is 104 Å². The molecule has 2 aromatic heterocycles. The lowest BCUT2D eigenvalue weighted by atomic mass is 10.1. The summed E-state index contributed by atoms with van der Waals surface area (Å²) in [6.07, 6.45) is 0. The van der Waals surface area contributed by atoms with Crippen LogP contribution in [0.1, 0.15) is 17.4 Å². The lowest BCUT2D eigenvalue weighted by Gasteiger charge is -2.08. The predicted octanol–water partition coefficient (Wildman–Crippen LogP) is 2.45. The SMILES string of the molecule is CCN(C)c1noc(-c2c(N)sc(C)c2C)n1. The van der Waals surface area contributed by atoms with E-state index in [9.17, 15) is 0 Å². The lowest BCUT2D eigenvalue weighted by Crippen LogP contribution is -2.16. The van der Waals surface area contributed by atoms with Crippen LogP contribution >= 0.6 is 11.3 Å². The van der Waals surface area contributed by atoms with E-state index in [2.05, 4.69) is 10.1 Å². The van der Waals surface area contributed by atoms with Gasteiger partial charge in [-0.05, 0) is 31.5 Å². The number of nitrogens with two attached hydrogens (primary N) is 1. The Morgan fingerprint density at radius 2 is 2.12 bits per heavy atom. The Morgan fingerprint density at radius 3 is 2.65 bits per heavy atom. The summed E-state index contributed by atoms with van der Waals surface area (Å²) in [5.41, 5.74) is 7.95. The van der Waals surface area contributed by atoms with Crippen molar-refractivity contribution in [2.45, 2.75) is 20.8 Å². The fourth-order valence-electron chi connectivity index (χ4n) is 1.53. The molecule has 0 bridgehead atoms. The summed E-state index contributed by atoms with van der Waals surface area (Å²) in [5, 5.41) is 4.67. The number of aromatic nitrogens is 2. The van der Waals surface area contributed by atoms with Crippen molar-refractivity contribution < 1.29 is 4.52 Å². The number of hydrogen-bond acceptors (Lipinski definition) is 6. The van der Waals surface area contributed by atoms with Crippen LogP contribution in [0.15, 0.2) is 4.52 Å². The maximum atomic E-state index is 5.97. The van der Waals surface area contributed by atoms with Gasteiger partial charge in [0, 0.05) is 18.5 Å². The van der Waals surface area contributed by atoms with Gasteiger partial charge in [0.1, 0.15) is 0 Å². The molecule has 2 heterocycles. The second-order valence-electron chi connectivity index (χ2n) is 3.94. The molecule has 0 aliphatic rings. The van der Waals surface area contributed by atoms with Crippen LogP contribution in [0.4, 0.5) is 10.9 Å². The second-order valence-corrected chi connectivity index (χ2v) is 5.19. The summed E-state index contributed by atoms with van der Waals surface area (Å²) >= 11 is 1.55. The number of aryl methyl sites for hydroxylation is 1. The third kappa shape index (κ3) is 2.00. The minimum atomic E-state index is 0.500. The molecular formula is C11H16N4OS. The Morgan fingerprint density at radius 1 is 1.41 bits per heavy atom. The van der Waals surface area contributed by atoms with E-state index >= 15 is 0 Å². The van der Waals surface area contributed by atoms with Gasteiger partial charge in [0.15, 0.2) is 0 Å². The zero-order valence-corrected chi connectivity index (χ0v) is 11.3. The van der Waals surface area contributed by atoms with E-state index in [1.54, 1.807) is 11.3 Å². The van der Waals surface area contributed by atoms with Gasteiger partial charge in [0.25, 0.3) is 11.8 Å². The number of rotatable bonds is 3. The molecule has 0 radical (unpaired) electrons. The topological polar surface area (TPSA) is 68.2 Å². The van der Waals surface area contributed by atoms with Crippen molar-refractivity contribution in [2.75, 3.05) is 24.2 Å². The maximum absolute atomic E-state index is 5.97. The number of thiophene rings is 1. The fourth-order valence-corrected chi connectivity index (χ4v) is 2.46. The third-order valence-electron chi connectivity index (χ3n) is 2.86. The monoisotopic (exact) mass is 252 g/mol. The first-order chi connectivity index (χ1) is 8.04. The minimum Gasteiger partial charge on any atom is -0.390 e. The number of hydrogen-bond donors (Lipinski definition) is 1. The maximum Gasteiger partial charge on any atom is 0.266 e. The molecule has 17 heavy (non-hydrogen) atoms. The van der Waals surface area contributed by atoms with Crippen LogP contribution in [-0.4, -0.2) is 23.7 Å². The average Bonchev–Trinajstić information content (AvgIpc) is 2.85. The van der Waals surface area contributed by atoms with Crippen molar-refractivity contribution in [2.24, 2.45) is 0 Å². The Bertz CT molecular complexity index is 532.